The minimum absolute atomic E-state index is 0.0958. The number of thiophene rings is 1. The zero-order valence-corrected chi connectivity index (χ0v) is 14.1. The molecular formula is C19H22N2OS. The van der Waals surface area contributed by atoms with Crippen molar-refractivity contribution in [1.82, 2.24) is 5.32 Å². The van der Waals surface area contributed by atoms with E-state index in [2.05, 4.69) is 40.5 Å². The van der Waals surface area contributed by atoms with Crippen molar-refractivity contribution in [1.29, 1.82) is 0 Å². The third kappa shape index (κ3) is 3.00. The Morgan fingerprint density at radius 3 is 2.78 bits per heavy atom. The molecule has 4 heteroatoms. The Morgan fingerprint density at radius 1 is 1.09 bits per heavy atom. The van der Waals surface area contributed by atoms with Crippen molar-refractivity contribution in [3.05, 3.63) is 46.8 Å². The summed E-state index contributed by atoms with van der Waals surface area (Å²) in [7, 11) is 0. The van der Waals surface area contributed by atoms with Gasteiger partial charge in [-0.3, -0.25) is 4.79 Å². The third-order valence-electron chi connectivity index (χ3n) is 4.88. The summed E-state index contributed by atoms with van der Waals surface area (Å²) in [6.07, 6.45) is 7.05. The topological polar surface area (TPSA) is 32.3 Å². The number of nitrogens with one attached hydrogen (secondary N) is 1. The van der Waals surface area contributed by atoms with Gasteiger partial charge in [-0.25, -0.2) is 0 Å². The fourth-order valence-corrected chi connectivity index (χ4v) is 4.63. The van der Waals surface area contributed by atoms with E-state index in [9.17, 15) is 4.79 Å². The van der Waals surface area contributed by atoms with Gasteiger partial charge in [-0.15, -0.1) is 11.3 Å². The van der Waals surface area contributed by atoms with Crippen LogP contribution in [0.25, 0.3) is 0 Å². The van der Waals surface area contributed by atoms with Crippen LogP contribution in [-0.2, 0) is 6.42 Å². The molecular weight excluding hydrogens is 304 g/mol. The van der Waals surface area contributed by atoms with Crippen LogP contribution in [0.15, 0.2) is 36.4 Å². The molecule has 1 amide bonds. The van der Waals surface area contributed by atoms with Crippen molar-refractivity contribution in [2.75, 3.05) is 11.4 Å². The van der Waals surface area contributed by atoms with E-state index in [1.807, 2.05) is 6.07 Å². The molecule has 0 radical (unpaired) electrons. The van der Waals surface area contributed by atoms with E-state index < -0.39 is 0 Å². The van der Waals surface area contributed by atoms with Crippen LogP contribution in [0.5, 0.6) is 0 Å². The number of fused-ring (bicyclic) bond motifs is 1. The Labute approximate surface area is 141 Å². The van der Waals surface area contributed by atoms with Gasteiger partial charge in [0, 0.05) is 18.3 Å². The summed E-state index contributed by atoms with van der Waals surface area (Å²) < 4.78 is 0. The Morgan fingerprint density at radius 2 is 1.91 bits per heavy atom. The monoisotopic (exact) mass is 326 g/mol. The number of hydrogen-bond acceptors (Lipinski definition) is 3. The van der Waals surface area contributed by atoms with Crippen LogP contribution in [0.3, 0.4) is 0 Å². The molecule has 0 saturated heterocycles. The lowest BCUT2D eigenvalue weighted by Crippen LogP contribution is -2.31. The number of hydrogen-bond donors (Lipinski definition) is 1. The molecule has 1 aromatic heterocycles. The fourth-order valence-electron chi connectivity index (χ4n) is 3.68. The molecule has 2 heterocycles. The summed E-state index contributed by atoms with van der Waals surface area (Å²) in [6.45, 7) is 1.03. The number of rotatable bonds is 3. The maximum Gasteiger partial charge on any atom is 0.261 e. The van der Waals surface area contributed by atoms with Gasteiger partial charge in [-0.1, -0.05) is 31.0 Å². The lowest BCUT2D eigenvalue weighted by Gasteiger charge is -2.30. The van der Waals surface area contributed by atoms with Crippen molar-refractivity contribution >= 4 is 27.9 Å². The smallest absolute Gasteiger partial charge is 0.261 e. The molecule has 0 unspecified atom stereocenters. The van der Waals surface area contributed by atoms with Crippen molar-refractivity contribution in [3.63, 3.8) is 0 Å². The fraction of sp³-hybridized carbons (Fsp3) is 0.421. The molecule has 1 N–H and O–H groups in total. The number of carbonyl (C=O) groups excluding carboxylic acids is 1. The van der Waals surface area contributed by atoms with Crippen LogP contribution in [0.2, 0.25) is 0 Å². The first kappa shape index (κ1) is 14.8. The first-order chi connectivity index (χ1) is 11.3. The molecule has 0 bridgehead atoms. The summed E-state index contributed by atoms with van der Waals surface area (Å²) in [5.41, 5.74) is 2.70. The lowest BCUT2D eigenvalue weighted by atomic mass is 10.0. The van der Waals surface area contributed by atoms with Gasteiger partial charge < -0.3 is 10.2 Å². The summed E-state index contributed by atoms with van der Waals surface area (Å²) >= 11 is 1.61. The van der Waals surface area contributed by atoms with Gasteiger partial charge in [0.25, 0.3) is 5.91 Å². The standard InChI is InChI=1S/C19H22N2OS/c22-19(20-15-8-2-3-9-15)17-11-12-18(23-17)21-13-5-7-14-6-1-4-10-16(14)21/h1,4,6,10-12,15H,2-3,5,7-9,13H2,(H,20,22). The van der Waals surface area contributed by atoms with Crippen LogP contribution in [-0.4, -0.2) is 18.5 Å². The molecule has 2 aliphatic rings. The summed E-state index contributed by atoms with van der Waals surface area (Å²) in [6, 6.07) is 13.0. The molecule has 1 fully saturated rings. The highest BCUT2D eigenvalue weighted by atomic mass is 32.1. The molecule has 1 aliphatic carbocycles. The first-order valence-electron chi connectivity index (χ1n) is 8.57. The van der Waals surface area contributed by atoms with Gasteiger partial charge in [-0.2, -0.15) is 0 Å². The van der Waals surface area contributed by atoms with E-state index in [-0.39, 0.29) is 5.91 Å². The van der Waals surface area contributed by atoms with Crippen LogP contribution >= 0.6 is 11.3 Å². The Balaban J connectivity index is 1.53. The van der Waals surface area contributed by atoms with Gasteiger partial charge in [0.05, 0.1) is 9.88 Å². The third-order valence-corrected chi connectivity index (χ3v) is 5.99. The van der Waals surface area contributed by atoms with Gasteiger partial charge >= 0.3 is 0 Å². The van der Waals surface area contributed by atoms with Gasteiger partial charge in [0.2, 0.25) is 0 Å². The van der Waals surface area contributed by atoms with Crippen molar-refractivity contribution in [2.24, 2.45) is 0 Å². The van der Waals surface area contributed by atoms with Crippen molar-refractivity contribution in [2.45, 2.75) is 44.6 Å². The zero-order chi connectivity index (χ0) is 15.6. The summed E-state index contributed by atoms with van der Waals surface area (Å²) in [5, 5.41) is 4.36. The maximum atomic E-state index is 12.4. The lowest BCUT2D eigenvalue weighted by molar-refractivity contribution is 0.0942. The summed E-state index contributed by atoms with van der Waals surface area (Å²) in [5.74, 6) is 0.0958. The number of benzene rings is 1. The highest BCUT2D eigenvalue weighted by Gasteiger charge is 2.22. The van der Waals surface area contributed by atoms with Crippen LogP contribution in [0.1, 0.15) is 47.3 Å². The second-order valence-corrected chi connectivity index (χ2v) is 7.54. The molecule has 1 saturated carbocycles. The highest BCUT2D eigenvalue weighted by molar-refractivity contribution is 7.18. The normalized spacial score (nSPS) is 18.0. The van der Waals surface area contributed by atoms with Crippen LogP contribution in [0.4, 0.5) is 10.7 Å². The van der Waals surface area contributed by atoms with E-state index in [0.717, 1.165) is 30.7 Å². The van der Waals surface area contributed by atoms with Crippen LogP contribution < -0.4 is 10.2 Å². The van der Waals surface area contributed by atoms with E-state index in [1.54, 1.807) is 11.3 Å². The Hall–Kier alpha value is -1.81. The van der Waals surface area contributed by atoms with E-state index in [1.165, 1.54) is 35.5 Å². The number of carbonyl (C=O) groups is 1. The van der Waals surface area contributed by atoms with Gasteiger partial charge in [-0.05, 0) is 49.4 Å². The average Bonchev–Trinajstić information content (AvgIpc) is 3.26. The highest BCUT2D eigenvalue weighted by Crippen LogP contribution is 2.37. The minimum atomic E-state index is 0.0958. The second-order valence-electron chi connectivity index (χ2n) is 6.48. The molecule has 0 spiro atoms. The van der Waals surface area contributed by atoms with E-state index >= 15 is 0 Å². The SMILES string of the molecule is O=C(NC1CCCC1)c1ccc(N2CCCc3ccccc32)s1. The quantitative estimate of drug-likeness (QED) is 0.900. The number of amides is 1. The van der Waals surface area contributed by atoms with Gasteiger partial charge in [0.1, 0.15) is 0 Å². The number of aryl methyl sites for hydroxylation is 1. The number of nitrogens with zero attached hydrogens (tertiary/aromatic N) is 1. The predicted octanol–water partition coefficient (Wildman–Crippen LogP) is 4.50. The molecule has 23 heavy (non-hydrogen) atoms. The number of para-hydroxylation sites is 1. The van der Waals surface area contributed by atoms with Crippen LogP contribution in [0, 0.1) is 0 Å². The van der Waals surface area contributed by atoms with Crippen molar-refractivity contribution in [3.8, 4) is 0 Å². The predicted molar refractivity (Wildman–Crippen MR) is 95.8 cm³/mol. The summed E-state index contributed by atoms with van der Waals surface area (Å²) in [4.78, 5) is 15.6. The zero-order valence-electron chi connectivity index (χ0n) is 13.3. The Kier molecular flexibility index (Phi) is 4.08. The largest absolute Gasteiger partial charge is 0.349 e. The molecule has 3 nitrogen and oxygen atoms in total. The molecule has 1 aliphatic heterocycles. The molecule has 120 valence electrons. The van der Waals surface area contributed by atoms with Gasteiger partial charge in [0.15, 0.2) is 0 Å². The minimum Gasteiger partial charge on any atom is -0.349 e. The molecule has 2 aromatic rings. The van der Waals surface area contributed by atoms with E-state index in [0.29, 0.717) is 6.04 Å². The average molecular weight is 326 g/mol. The molecule has 4 rings (SSSR count). The Bertz CT molecular complexity index is 703. The second kappa shape index (κ2) is 6.36. The maximum absolute atomic E-state index is 12.4. The first-order valence-corrected chi connectivity index (χ1v) is 9.39. The molecule has 1 aromatic carbocycles. The number of anilines is 2. The molecule has 0 atom stereocenters. The van der Waals surface area contributed by atoms with E-state index in [4.69, 9.17) is 0 Å². The van der Waals surface area contributed by atoms with Crippen molar-refractivity contribution < 1.29 is 4.79 Å².